The third kappa shape index (κ3) is 24.2. The molecular weight excluding hydrogens is 279 g/mol. The van der Waals surface area contributed by atoms with Crippen LogP contribution in [-0.2, 0) is 4.79 Å². The van der Waals surface area contributed by atoms with Gasteiger partial charge in [0.2, 0.25) is 0 Å². The number of hydrogen-bond donors (Lipinski definition) is 1. The van der Waals surface area contributed by atoms with Gasteiger partial charge in [0.25, 0.3) is 0 Å². The van der Waals surface area contributed by atoms with Gasteiger partial charge in [-0.15, -0.1) is 0 Å². The van der Waals surface area contributed by atoms with Crippen LogP contribution in [0.3, 0.4) is 0 Å². The Bertz CT molecular complexity index is 270. The van der Waals surface area contributed by atoms with Crippen LogP contribution in [0.15, 0.2) is 12.2 Å². The maximum atomic E-state index is 10.4. The molecule has 0 saturated carbocycles. The zero-order valence-electron chi connectivity index (χ0n) is 16.8. The zero-order valence-corrected chi connectivity index (χ0v) is 15.8. The number of hydrogen-bond acceptors (Lipinski definition) is 1. The Kier molecular flexibility index (Phi) is 23.8. The van der Waals surface area contributed by atoms with Gasteiger partial charge in [-0.25, -0.2) is 0 Å². The van der Waals surface area contributed by atoms with Crippen LogP contribution < -0.4 is 18.9 Å². The molecule has 0 heterocycles. The Balaban J connectivity index is -0.00000220. The van der Waals surface area contributed by atoms with E-state index in [0.717, 1.165) is 12.8 Å². The SMILES string of the molecule is CCCCCCCC/C=C\CCCCCCCCCC(=O)O.[H-].[Li+]. The zero-order chi connectivity index (χ0) is 16.3. The molecule has 0 amide bonds. The van der Waals surface area contributed by atoms with Gasteiger partial charge in [-0.05, 0) is 32.1 Å². The number of rotatable bonds is 17. The standard InChI is InChI=1S/C20H38O2.Li.H/c1-2-3-4-5-6-7-8-9-10-11-12-13-14-15-16-17-18-19-20(21)22;;/h9-10H,2-8,11-19H2,1H3,(H,21,22);;/q;+1;-1/b10-9-;;. The van der Waals surface area contributed by atoms with Crippen molar-refractivity contribution in [2.45, 2.75) is 110 Å². The van der Waals surface area contributed by atoms with Crippen molar-refractivity contribution in [2.24, 2.45) is 0 Å². The fourth-order valence-electron chi connectivity index (χ4n) is 2.70. The second-order valence-corrected chi connectivity index (χ2v) is 6.44. The summed E-state index contributed by atoms with van der Waals surface area (Å²) in [6.07, 6.45) is 24.2. The van der Waals surface area contributed by atoms with Crippen LogP contribution in [0, 0.1) is 0 Å². The third-order valence-electron chi connectivity index (χ3n) is 4.15. The molecule has 0 aliphatic rings. The third-order valence-corrected chi connectivity index (χ3v) is 4.15. The van der Waals surface area contributed by atoms with E-state index in [1.807, 2.05) is 0 Å². The van der Waals surface area contributed by atoms with E-state index in [0.29, 0.717) is 6.42 Å². The molecule has 2 nitrogen and oxygen atoms in total. The molecule has 0 atom stereocenters. The molecule has 0 aliphatic heterocycles. The molecule has 0 spiro atoms. The number of aliphatic carboxylic acids is 1. The number of carboxylic acids is 1. The summed E-state index contributed by atoms with van der Waals surface area (Å²) in [6.45, 7) is 2.27. The predicted molar refractivity (Wildman–Crippen MR) is 97.4 cm³/mol. The van der Waals surface area contributed by atoms with E-state index in [1.54, 1.807) is 0 Å². The summed E-state index contributed by atoms with van der Waals surface area (Å²) in [5.41, 5.74) is 0. The van der Waals surface area contributed by atoms with Crippen molar-refractivity contribution in [1.29, 1.82) is 0 Å². The Hall–Kier alpha value is -0.193. The minimum Gasteiger partial charge on any atom is -1.00 e. The first-order chi connectivity index (χ1) is 10.8. The van der Waals surface area contributed by atoms with Crippen molar-refractivity contribution in [3.05, 3.63) is 12.2 Å². The summed E-state index contributed by atoms with van der Waals surface area (Å²) < 4.78 is 0. The first kappa shape index (κ1) is 25.1. The maximum absolute atomic E-state index is 10.4. The first-order valence-electron chi connectivity index (χ1n) is 9.64. The normalized spacial score (nSPS) is 10.8. The van der Waals surface area contributed by atoms with E-state index in [1.165, 1.54) is 83.5 Å². The van der Waals surface area contributed by atoms with Gasteiger partial charge in [-0.1, -0.05) is 83.3 Å². The van der Waals surface area contributed by atoms with Gasteiger partial charge < -0.3 is 6.53 Å². The van der Waals surface area contributed by atoms with Gasteiger partial charge in [0.15, 0.2) is 0 Å². The minimum absolute atomic E-state index is 0. The molecular formula is C20H39LiO2. The molecule has 1 N–H and O–H groups in total. The van der Waals surface area contributed by atoms with Crippen molar-refractivity contribution in [1.82, 2.24) is 0 Å². The van der Waals surface area contributed by atoms with Crippen LogP contribution in [-0.4, -0.2) is 11.1 Å². The van der Waals surface area contributed by atoms with Crippen molar-refractivity contribution in [3.8, 4) is 0 Å². The van der Waals surface area contributed by atoms with E-state index in [2.05, 4.69) is 19.1 Å². The van der Waals surface area contributed by atoms with E-state index >= 15 is 0 Å². The van der Waals surface area contributed by atoms with Crippen LogP contribution in [0.1, 0.15) is 111 Å². The summed E-state index contributed by atoms with van der Waals surface area (Å²) >= 11 is 0. The molecule has 23 heavy (non-hydrogen) atoms. The summed E-state index contributed by atoms with van der Waals surface area (Å²) in [4.78, 5) is 10.4. The van der Waals surface area contributed by atoms with Crippen LogP contribution in [0.4, 0.5) is 0 Å². The van der Waals surface area contributed by atoms with Gasteiger partial charge in [0.05, 0.1) is 0 Å². The molecule has 0 saturated heterocycles. The summed E-state index contributed by atoms with van der Waals surface area (Å²) in [6, 6.07) is 0. The first-order valence-corrected chi connectivity index (χ1v) is 9.64. The second kappa shape index (κ2) is 21.8. The molecule has 0 aromatic rings. The monoisotopic (exact) mass is 318 g/mol. The van der Waals surface area contributed by atoms with Crippen molar-refractivity contribution >= 4 is 5.97 Å². The number of unbranched alkanes of at least 4 members (excludes halogenated alkanes) is 13. The quantitative estimate of drug-likeness (QED) is 0.250. The summed E-state index contributed by atoms with van der Waals surface area (Å²) in [5, 5.41) is 8.53. The number of carboxylic acid groups (broad SMARTS) is 1. The molecule has 0 aliphatic carbocycles. The molecule has 3 heteroatoms. The maximum Gasteiger partial charge on any atom is 1.00 e. The molecule has 0 radical (unpaired) electrons. The molecule has 0 bridgehead atoms. The Morgan fingerprint density at radius 1 is 0.739 bits per heavy atom. The van der Waals surface area contributed by atoms with E-state index in [9.17, 15) is 4.79 Å². The van der Waals surface area contributed by atoms with Gasteiger partial charge >= 0.3 is 24.8 Å². The van der Waals surface area contributed by atoms with Crippen molar-refractivity contribution < 1.29 is 30.2 Å². The molecule has 0 rings (SSSR count). The van der Waals surface area contributed by atoms with E-state index < -0.39 is 5.97 Å². The van der Waals surface area contributed by atoms with Gasteiger partial charge in [0.1, 0.15) is 0 Å². The molecule has 0 aromatic heterocycles. The Morgan fingerprint density at radius 2 is 1.13 bits per heavy atom. The van der Waals surface area contributed by atoms with Crippen molar-refractivity contribution in [2.75, 3.05) is 0 Å². The van der Waals surface area contributed by atoms with Gasteiger partial charge in [-0.3, -0.25) is 4.79 Å². The Labute approximate surface area is 158 Å². The Morgan fingerprint density at radius 3 is 1.57 bits per heavy atom. The van der Waals surface area contributed by atoms with Crippen LogP contribution in [0.2, 0.25) is 0 Å². The van der Waals surface area contributed by atoms with E-state index in [-0.39, 0.29) is 20.3 Å². The number of carbonyl (C=O) groups is 1. The van der Waals surface area contributed by atoms with Crippen LogP contribution >= 0.6 is 0 Å². The fourth-order valence-corrected chi connectivity index (χ4v) is 2.70. The van der Waals surface area contributed by atoms with Gasteiger partial charge in [-0.2, -0.15) is 0 Å². The van der Waals surface area contributed by atoms with E-state index in [4.69, 9.17) is 5.11 Å². The van der Waals surface area contributed by atoms with Crippen molar-refractivity contribution in [3.63, 3.8) is 0 Å². The van der Waals surface area contributed by atoms with Crippen LogP contribution in [0.25, 0.3) is 0 Å². The summed E-state index contributed by atoms with van der Waals surface area (Å²) in [5.74, 6) is -0.659. The van der Waals surface area contributed by atoms with Gasteiger partial charge in [0, 0.05) is 6.42 Å². The summed E-state index contributed by atoms with van der Waals surface area (Å²) in [7, 11) is 0. The van der Waals surface area contributed by atoms with Crippen LogP contribution in [0.5, 0.6) is 0 Å². The minimum atomic E-state index is -0.659. The predicted octanol–water partition coefficient (Wildman–Crippen LogP) is 4.01. The molecule has 0 unspecified atom stereocenters. The smallest absolute Gasteiger partial charge is 1.00 e. The average molecular weight is 318 g/mol. The molecule has 132 valence electrons. The second-order valence-electron chi connectivity index (χ2n) is 6.44. The largest absolute Gasteiger partial charge is 1.00 e. The fraction of sp³-hybridized carbons (Fsp3) is 0.850. The number of allylic oxidation sites excluding steroid dienone is 2. The molecule has 0 aromatic carbocycles. The topological polar surface area (TPSA) is 37.3 Å². The average Bonchev–Trinajstić information content (AvgIpc) is 2.50. The molecule has 0 fully saturated rings.